The summed E-state index contributed by atoms with van der Waals surface area (Å²) in [4.78, 5) is 25.0. The van der Waals surface area contributed by atoms with Crippen LogP contribution in [0, 0.1) is 23.5 Å². The fourth-order valence-electron chi connectivity index (χ4n) is 5.51. The number of nitrogens with one attached hydrogen (secondary N) is 2. The molecule has 1 aliphatic rings. The number of halogens is 9. The van der Waals surface area contributed by atoms with E-state index in [-0.39, 0.29) is 28.1 Å². The molecule has 0 fully saturated rings. The molecule has 1 aromatic carbocycles. The van der Waals surface area contributed by atoms with E-state index in [0.717, 1.165) is 17.5 Å². The van der Waals surface area contributed by atoms with E-state index in [1.807, 2.05) is 6.07 Å². The molecular formula is C32H21BrF8N6O. The molecule has 1 amide bonds. The predicted molar refractivity (Wildman–Crippen MR) is 159 cm³/mol. The first-order valence-electron chi connectivity index (χ1n) is 14.2. The summed E-state index contributed by atoms with van der Waals surface area (Å²) in [6.07, 6.45) is -3.38. The van der Waals surface area contributed by atoms with Crippen LogP contribution in [0.4, 0.5) is 35.1 Å². The first-order chi connectivity index (χ1) is 22.7. The van der Waals surface area contributed by atoms with Gasteiger partial charge in [0.05, 0.1) is 17.3 Å². The highest BCUT2D eigenvalue weighted by atomic mass is 79.9. The maximum atomic E-state index is 14.9. The summed E-state index contributed by atoms with van der Waals surface area (Å²) in [5, 5.41) is 6.63. The van der Waals surface area contributed by atoms with Crippen molar-refractivity contribution in [3.63, 3.8) is 0 Å². The van der Waals surface area contributed by atoms with Crippen molar-refractivity contribution in [1.82, 2.24) is 30.0 Å². The number of H-pyrrole nitrogens is 1. The lowest BCUT2D eigenvalue weighted by Crippen LogP contribution is -2.37. The number of pyridine rings is 2. The molecule has 48 heavy (non-hydrogen) atoms. The number of carbonyl (C=O) groups excluding carboxylic acids is 1. The van der Waals surface area contributed by atoms with Gasteiger partial charge < -0.3 is 10.3 Å². The molecule has 0 spiro atoms. The molecule has 7 nitrogen and oxygen atoms in total. The summed E-state index contributed by atoms with van der Waals surface area (Å²) in [6.45, 7) is -1.15. The van der Waals surface area contributed by atoms with Crippen LogP contribution in [0.2, 0.25) is 0 Å². The number of aromatic amines is 1. The molecule has 4 heterocycles. The Morgan fingerprint density at radius 3 is 2.46 bits per heavy atom. The zero-order chi connectivity index (χ0) is 34.4. The number of benzene rings is 1. The number of carbonyl (C=O) groups is 1. The van der Waals surface area contributed by atoms with Crippen molar-refractivity contribution in [2.45, 2.75) is 50.1 Å². The zero-order valence-corrected chi connectivity index (χ0v) is 25.9. The second-order valence-electron chi connectivity index (χ2n) is 11.0. The third-order valence-corrected chi connectivity index (χ3v) is 8.25. The van der Waals surface area contributed by atoms with E-state index in [9.17, 15) is 39.9 Å². The van der Waals surface area contributed by atoms with Crippen molar-refractivity contribution < 1.29 is 39.9 Å². The molecular weight excluding hydrogens is 716 g/mol. The molecule has 1 aliphatic carbocycles. The van der Waals surface area contributed by atoms with Gasteiger partial charge in [0.25, 0.3) is 18.3 Å². The van der Waals surface area contributed by atoms with Crippen molar-refractivity contribution >= 4 is 32.9 Å². The quantitative estimate of drug-likeness (QED) is 0.133. The third kappa shape index (κ3) is 6.77. The molecule has 0 saturated heterocycles. The summed E-state index contributed by atoms with van der Waals surface area (Å²) >= 11 is 3.34. The SMILES string of the molecule is O=C(Cn1nc(C(F)F)c2c1C(F)(F)CCC2(F)F)NC(Cc1cc(F)cc(F)c1)c1nc(C#Cc2cnc3[nH]ccc3c2)ccc1Br. The molecule has 0 radical (unpaired) electrons. The van der Waals surface area contributed by atoms with Crippen LogP contribution in [0.3, 0.4) is 0 Å². The standard InChI is InChI=1S/C32H21BrF8N6O/c33-22-4-3-21(2-1-16-9-18-5-8-42-30(18)43-14-16)44-26(22)23(12-17-10-19(34)13-20(35)11-17)45-24(48)15-47-28-25(27(46-47)29(36)37)31(38,39)6-7-32(28,40)41/h3-5,8-11,13-14,23,29H,6-7,12,15H2,(H,42,43)(H,45,48). The van der Waals surface area contributed by atoms with Crippen LogP contribution in [0.1, 0.15) is 64.8 Å². The van der Waals surface area contributed by atoms with Gasteiger partial charge in [-0.15, -0.1) is 0 Å². The highest BCUT2D eigenvalue weighted by Crippen LogP contribution is 2.52. The molecule has 6 rings (SSSR count). The van der Waals surface area contributed by atoms with Gasteiger partial charge in [-0.1, -0.05) is 5.92 Å². The van der Waals surface area contributed by atoms with Crippen LogP contribution in [0.15, 0.2) is 59.3 Å². The van der Waals surface area contributed by atoms with Gasteiger partial charge in [0.2, 0.25) is 5.91 Å². The Kier molecular flexibility index (Phi) is 8.75. The number of alkyl halides is 6. The lowest BCUT2D eigenvalue weighted by Gasteiger charge is -2.29. The minimum absolute atomic E-state index is 0.0662. The molecule has 1 atom stereocenters. The van der Waals surface area contributed by atoms with Crippen LogP contribution in [0.25, 0.3) is 11.0 Å². The Morgan fingerprint density at radius 2 is 1.73 bits per heavy atom. The normalized spacial score (nSPS) is 15.5. The summed E-state index contributed by atoms with van der Waals surface area (Å²) in [5.41, 5.74) is -3.03. The van der Waals surface area contributed by atoms with E-state index in [1.165, 1.54) is 0 Å². The van der Waals surface area contributed by atoms with Crippen LogP contribution < -0.4 is 5.32 Å². The zero-order valence-electron chi connectivity index (χ0n) is 24.3. The van der Waals surface area contributed by atoms with Crippen LogP contribution >= 0.6 is 15.9 Å². The highest BCUT2D eigenvalue weighted by Gasteiger charge is 2.55. The Morgan fingerprint density at radius 1 is 1.00 bits per heavy atom. The second kappa shape index (κ2) is 12.7. The van der Waals surface area contributed by atoms with Gasteiger partial charge in [0.1, 0.15) is 40.9 Å². The van der Waals surface area contributed by atoms with Gasteiger partial charge >= 0.3 is 0 Å². The number of hydrogen-bond acceptors (Lipinski definition) is 4. The van der Waals surface area contributed by atoms with Gasteiger partial charge in [-0.25, -0.2) is 36.3 Å². The third-order valence-electron chi connectivity index (χ3n) is 7.58. The van der Waals surface area contributed by atoms with E-state index >= 15 is 0 Å². The van der Waals surface area contributed by atoms with Gasteiger partial charge in [-0.2, -0.15) is 13.9 Å². The Labute approximate surface area is 274 Å². The lowest BCUT2D eigenvalue weighted by atomic mass is 9.89. The fourth-order valence-corrected chi connectivity index (χ4v) is 6.01. The molecule has 2 N–H and O–H groups in total. The predicted octanol–water partition coefficient (Wildman–Crippen LogP) is 7.61. The summed E-state index contributed by atoms with van der Waals surface area (Å²) in [6, 6.07) is 8.14. The van der Waals surface area contributed by atoms with E-state index in [2.05, 4.69) is 53.1 Å². The first kappa shape index (κ1) is 33.1. The summed E-state index contributed by atoms with van der Waals surface area (Å²) in [5.74, 6) is -5.14. The number of amides is 1. The van der Waals surface area contributed by atoms with Gasteiger partial charge in [-0.05, 0) is 70.2 Å². The van der Waals surface area contributed by atoms with Crippen LogP contribution in [-0.2, 0) is 29.6 Å². The monoisotopic (exact) mass is 736 g/mol. The number of hydrogen-bond donors (Lipinski definition) is 2. The molecule has 0 bridgehead atoms. The molecule has 0 aliphatic heterocycles. The lowest BCUT2D eigenvalue weighted by molar-refractivity contribution is -0.123. The van der Waals surface area contributed by atoms with Crippen molar-refractivity contribution in [3.8, 4) is 11.8 Å². The smallest absolute Gasteiger partial charge is 0.290 e. The first-order valence-corrected chi connectivity index (χ1v) is 15.0. The Hall–Kier alpha value is -4.78. The highest BCUT2D eigenvalue weighted by molar-refractivity contribution is 9.10. The minimum Gasteiger partial charge on any atom is -0.346 e. The fraction of sp³-hybridized carbons (Fsp3) is 0.250. The molecule has 16 heteroatoms. The number of aromatic nitrogens is 5. The second-order valence-corrected chi connectivity index (χ2v) is 11.9. The number of rotatable bonds is 7. The van der Waals surface area contributed by atoms with Crippen LogP contribution in [0.5, 0.6) is 0 Å². The van der Waals surface area contributed by atoms with Crippen molar-refractivity contribution in [3.05, 3.63) is 110 Å². The van der Waals surface area contributed by atoms with E-state index in [4.69, 9.17) is 0 Å². The topological polar surface area (TPSA) is 88.5 Å². The molecule has 4 aromatic heterocycles. The molecule has 248 valence electrons. The van der Waals surface area contributed by atoms with Crippen molar-refractivity contribution in [2.75, 3.05) is 0 Å². The Bertz CT molecular complexity index is 2080. The van der Waals surface area contributed by atoms with E-state index in [0.29, 0.717) is 21.7 Å². The largest absolute Gasteiger partial charge is 0.346 e. The summed E-state index contributed by atoms with van der Waals surface area (Å²) in [7, 11) is 0. The number of fused-ring (bicyclic) bond motifs is 2. The van der Waals surface area contributed by atoms with Gasteiger partial charge in [0.15, 0.2) is 0 Å². The Balaban J connectivity index is 1.35. The molecule has 1 unspecified atom stereocenters. The summed E-state index contributed by atoms with van der Waals surface area (Å²) < 4.78 is 115. The molecule has 5 aromatic rings. The van der Waals surface area contributed by atoms with Crippen molar-refractivity contribution in [2.24, 2.45) is 0 Å². The number of nitrogens with zero attached hydrogens (tertiary/aromatic N) is 4. The van der Waals surface area contributed by atoms with Gasteiger partial charge in [-0.3, -0.25) is 9.48 Å². The van der Waals surface area contributed by atoms with E-state index < -0.39 is 78.2 Å². The minimum atomic E-state index is -4.03. The average molecular weight is 737 g/mol. The van der Waals surface area contributed by atoms with Crippen LogP contribution in [-0.4, -0.2) is 30.6 Å². The average Bonchev–Trinajstić information content (AvgIpc) is 3.64. The maximum absolute atomic E-state index is 14.9. The molecule has 0 saturated carbocycles. The van der Waals surface area contributed by atoms with Gasteiger partial charge in [0, 0.05) is 46.7 Å². The maximum Gasteiger partial charge on any atom is 0.290 e. The van der Waals surface area contributed by atoms with E-state index in [1.54, 1.807) is 30.6 Å². The van der Waals surface area contributed by atoms with Crippen molar-refractivity contribution in [1.29, 1.82) is 0 Å².